The maximum Gasteiger partial charge on any atom is 0.339 e. The maximum atomic E-state index is 12.3. The Hall–Kier alpha value is -1.04. The molecule has 1 rings (SSSR count). The van der Waals surface area contributed by atoms with E-state index < -0.39 is 18.1 Å². The second kappa shape index (κ2) is 4.45. The average molecular weight is 266 g/mol. The second-order valence-electron chi connectivity index (χ2n) is 2.35. The van der Waals surface area contributed by atoms with Gasteiger partial charge in [0.15, 0.2) is 0 Å². The van der Waals surface area contributed by atoms with Crippen LogP contribution < -0.4 is 0 Å². The van der Waals surface area contributed by atoms with Crippen molar-refractivity contribution < 1.29 is 18.3 Å². The fourth-order valence-electron chi connectivity index (χ4n) is 0.880. The zero-order valence-corrected chi connectivity index (χ0v) is 8.72. The number of halogens is 3. The van der Waals surface area contributed by atoms with Crippen LogP contribution in [0.5, 0.6) is 0 Å². The lowest BCUT2D eigenvalue weighted by atomic mass is 10.2. The van der Waals surface area contributed by atoms with Gasteiger partial charge in [0.25, 0.3) is 6.43 Å². The number of hydrogen-bond acceptors (Lipinski definition) is 3. The van der Waals surface area contributed by atoms with Gasteiger partial charge in [-0.1, -0.05) is 0 Å². The number of carbonyl (C=O) groups excluding carboxylic acids is 1. The molecule has 0 amide bonds. The van der Waals surface area contributed by atoms with Crippen LogP contribution in [-0.2, 0) is 4.74 Å². The first-order valence-corrected chi connectivity index (χ1v) is 4.38. The Kier molecular flexibility index (Phi) is 3.51. The van der Waals surface area contributed by atoms with Crippen molar-refractivity contribution in [2.75, 3.05) is 7.11 Å². The minimum Gasteiger partial charge on any atom is -0.465 e. The molecule has 0 unspecified atom stereocenters. The first-order valence-electron chi connectivity index (χ1n) is 3.58. The number of carbonyl (C=O) groups is 1. The minimum atomic E-state index is -2.73. The van der Waals surface area contributed by atoms with Crippen LogP contribution in [0, 0.1) is 0 Å². The third kappa shape index (κ3) is 2.06. The summed E-state index contributed by atoms with van der Waals surface area (Å²) >= 11 is 2.88. The molecule has 0 saturated carbocycles. The Balaban J connectivity index is 3.20. The summed E-state index contributed by atoms with van der Waals surface area (Å²) in [7, 11) is 1.18. The van der Waals surface area contributed by atoms with Crippen molar-refractivity contribution in [2.24, 2.45) is 0 Å². The van der Waals surface area contributed by atoms with E-state index in [1.54, 1.807) is 0 Å². The molecule has 14 heavy (non-hydrogen) atoms. The van der Waals surface area contributed by atoms with E-state index in [1.165, 1.54) is 13.2 Å². The van der Waals surface area contributed by atoms with Gasteiger partial charge in [-0.15, -0.1) is 0 Å². The molecule has 6 heteroatoms. The largest absolute Gasteiger partial charge is 0.465 e. The summed E-state index contributed by atoms with van der Waals surface area (Å²) in [5, 5.41) is 0. The Morgan fingerprint density at radius 3 is 2.79 bits per heavy atom. The molecule has 0 radical (unpaired) electrons. The van der Waals surface area contributed by atoms with E-state index >= 15 is 0 Å². The lowest BCUT2D eigenvalue weighted by Gasteiger charge is -2.05. The van der Waals surface area contributed by atoms with E-state index in [0.29, 0.717) is 0 Å². The van der Waals surface area contributed by atoms with E-state index in [1.807, 2.05) is 0 Å². The Labute approximate surface area is 87.2 Å². The Bertz CT molecular complexity index is 357. The van der Waals surface area contributed by atoms with Gasteiger partial charge in [-0.25, -0.2) is 13.6 Å². The summed E-state index contributed by atoms with van der Waals surface area (Å²) in [4.78, 5) is 14.5. The molecule has 0 bridgehead atoms. The molecule has 0 aromatic carbocycles. The summed E-state index contributed by atoms with van der Waals surface area (Å²) in [5.74, 6) is -0.679. The summed E-state index contributed by atoms with van der Waals surface area (Å²) < 4.78 is 29.0. The van der Waals surface area contributed by atoms with Gasteiger partial charge in [0.2, 0.25) is 0 Å². The monoisotopic (exact) mass is 265 g/mol. The van der Waals surface area contributed by atoms with Crippen LogP contribution in [0.15, 0.2) is 16.7 Å². The number of rotatable bonds is 2. The first kappa shape index (κ1) is 11.0. The molecule has 76 valence electrons. The Morgan fingerprint density at radius 2 is 2.29 bits per heavy atom. The highest BCUT2D eigenvalue weighted by atomic mass is 79.9. The molecule has 0 aliphatic rings. The van der Waals surface area contributed by atoms with Crippen LogP contribution in [0.3, 0.4) is 0 Å². The highest BCUT2D eigenvalue weighted by Crippen LogP contribution is 2.28. The van der Waals surface area contributed by atoms with E-state index in [2.05, 4.69) is 25.7 Å². The van der Waals surface area contributed by atoms with E-state index in [-0.39, 0.29) is 10.0 Å². The van der Waals surface area contributed by atoms with E-state index in [4.69, 9.17) is 0 Å². The summed E-state index contributed by atoms with van der Waals surface area (Å²) in [6, 6.07) is 1.31. The van der Waals surface area contributed by atoms with Gasteiger partial charge in [-0.3, -0.25) is 4.98 Å². The van der Waals surface area contributed by atoms with Gasteiger partial charge in [0.1, 0.15) is 5.69 Å². The van der Waals surface area contributed by atoms with Gasteiger partial charge in [-0.05, 0) is 22.0 Å². The second-order valence-corrected chi connectivity index (χ2v) is 3.14. The number of alkyl halides is 2. The zero-order valence-electron chi connectivity index (χ0n) is 7.13. The van der Waals surface area contributed by atoms with E-state index in [9.17, 15) is 13.6 Å². The Morgan fingerprint density at radius 1 is 1.64 bits per heavy atom. The van der Waals surface area contributed by atoms with Crippen molar-refractivity contribution in [1.82, 2.24) is 4.98 Å². The molecule has 0 saturated heterocycles. The molecule has 0 N–H and O–H groups in total. The predicted octanol–water partition coefficient (Wildman–Crippen LogP) is 2.57. The number of nitrogens with zero attached hydrogens (tertiary/aromatic N) is 1. The molecule has 1 aromatic heterocycles. The van der Waals surface area contributed by atoms with Gasteiger partial charge in [0, 0.05) is 6.20 Å². The molecule has 0 fully saturated rings. The van der Waals surface area contributed by atoms with Crippen LogP contribution in [0.4, 0.5) is 8.78 Å². The number of ether oxygens (including phenoxy) is 1. The van der Waals surface area contributed by atoms with Crippen molar-refractivity contribution in [2.45, 2.75) is 6.43 Å². The van der Waals surface area contributed by atoms with Crippen LogP contribution in [0.2, 0.25) is 0 Å². The quantitative estimate of drug-likeness (QED) is 0.772. The fourth-order valence-corrected chi connectivity index (χ4v) is 1.45. The normalized spacial score (nSPS) is 10.4. The smallest absolute Gasteiger partial charge is 0.339 e. The zero-order chi connectivity index (χ0) is 10.7. The highest BCUT2D eigenvalue weighted by Gasteiger charge is 2.19. The molecule has 0 aliphatic carbocycles. The van der Waals surface area contributed by atoms with Gasteiger partial charge >= 0.3 is 5.97 Å². The highest BCUT2D eigenvalue weighted by molar-refractivity contribution is 9.10. The van der Waals surface area contributed by atoms with Crippen LogP contribution in [0.1, 0.15) is 22.5 Å². The average Bonchev–Trinajstić information content (AvgIpc) is 2.16. The van der Waals surface area contributed by atoms with Crippen molar-refractivity contribution in [3.05, 3.63) is 28.0 Å². The molecule has 0 aliphatic heterocycles. The number of hydrogen-bond donors (Lipinski definition) is 0. The predicted molar refractivity (Wildman–Crippen MR) is 48.2 cm³/mol. The number of pyridine rings is 1. The fraction of sp³-hybridized carbons (Fsp3) is 0.250. The minimum absolute atomic E-state index is 0.0261. The molecular formula is C8H6BrF2NO2. The van der Waals surface area contributed by atoms with Crippen molar-refractivity contribution in [3.8, 4) is 0 Å². The molecular weight excluding hydrogens is 260 g/mol. The lowest BCUT2D eigenvalue weighted by molar-refractivity contribution is 0.0598. The van der Waals surface area contributed by atoms with Gasteiger partial charge in [0.05, 0.1) is 17.1 Å². The maximum absolute atomic E-state index is 12.3. The van der Waals surface area contributed by atoms with Crippen molar-refractivity contribution in [3.63, 3.8) is 0 Å². The number of methoxy groups -OCH3 is 1. The number of esters is 1. The lowest BCUT2D eigenvalue weighted by Crippen LogP contribution is -2.05. The standard InChI is InChI=1S/C8H6BrF2NO2/c1-14-8(13)4-2-3-12-6(5(4)9)7(10)11/h2-3,7H,1H3. The first-order chi connectivity index (χ1) is 6.57. The van der Waals surface area contributed by atoms with Crippen LogP contribution in [0.25, 0.3) is 0 Å². The van der Waals surface area contributed by atoms with Gasteiger partial charge < -0.3 is 4.74 Å². The van der Waals surface area contributed by atoms with Crippen LogP contribution >= 0.6 is 15.9 Å². The third-order valence-corrected chi connectivity index (χ3v) is 2.36. The topological polar surface area (TPSA) is 39.2 Å². The van der Waals surface area contributed by atoms with E-state index in [0.717, 1.165) is 6.20 Å². The summed E-state index contributed by atoms with van der Waals surface area (Å²) in [6.45, 7) is 0. The molecule has 1 aromatic rings. The summed E-state index contributed by atoms with van der Waals surface area (Å²) in [5.41, 5.74) is -0.425. The van der Waals surface area contributed by atoms with Crippen LogP contribution in [-0.4, -0.2) is 18.1 Å². The molecule has 3 nitrogen and oxygen atoms in total. The van der Waals surface area contributed by atoms with Crippen molar-refractivity contribution in [1.29, 1.82) is 0 Å². The molecule has 0 atom stereocenters. The molecule has 0 spiro atoms. The van der Waals surface area contributed by atoms with Crippen molar-refractivity contribution >= 4 is 21.9 Å². The SMILES string of the molecule is COC(=O)c1ccnc(C(F)F)c1Br. The molecule has 1 heterocycles. The summed E-state index contributed by atoms with van der Waals surface area (Å²) in [6.07, 6.45) is -1.59. The number of aromatic nitrogens is 1. The van der Waals surface area contributed by atoms with Gasteiger partial charge in [-0.2, -0.15) is 0 Å². The third-order valence-electron chi connectivity index (χ3n) is 1.53.